The van der Waals surface area contributed by atoms with Gasteiger partial charge in [-0.1, -0.05) is 0 Å². The van der Waals surface area contributed by atoms with E-state index in [1.54, 1.807) is 0 Å². The molecule has 0 aliphatic heterocycles. The molecule has 0 fully saturated rings. The average molecular weight is 334 g/mol. The minimum atomic E-state index is 0.0799. The van der Waals surface area contributed by atoms with Gasteiger partial charge in [-0.25, -0.2) is 0 Å². The number of nitrogens with zero attached hydrogens (tertiary/aromatic N) is 3. The Kier molecular flexibility index (Phi) is 5.59. The van der Waals surface area contributed by atoms with Crippen LogP contribution in [0.5, 0.6) is 0 Å². The van der Waals surface area contributed by atoms with Gasteiger partial charge in [0.05, 0.1) is 0 Å². The molecule has 1 rings (SSSR count). The van der Waals surface area contributed by atoms with Crippen molar-refractivity contribution >= 4 is 17.1 Å². The zero-order valence-electron chi connectivity index (χ0n) is 18.1. The summed E-state index contributed by atoms with van der Waals surface area (Å²) in [6.07, 6.45) is 0. The molecule has 3 heteroatoms. The van der Waals surface area contributed by atoms with E-state index in [1.807, 2.05) is 0 Å². The van der Waals surface area contributed by atoms with Crippen LogP contribution in [0.3, 0.4) is 0 Å². The molecule has 24 heavy (non-hydrogen) atoms. The predicted molar refractivity (Wildman–Crippen MR) is 111 cm³/mol. The molecule has 1 aromatic carbocycles. The quantitative estimate of drug-likeness (QED) is 0.734. The summed E-state index contributed by atoms with van der Waals surface area (Å²) in [5, 5.41) is 0. The van der Waals surface area contributed by atoms with Gasteiger partial charge in [0.15, 0.2) is 0 Å². The van der Waals surface area contributed by atoms with Crippen LogP contribution in [0.1, 0.15) is 62.3 Å². The number of hydrogen-bond donors (Lipinski definition) is 0. The smallest absolute Gasteiger partial charge is 0.0409 e. The largest absolute Gasteiger partial charge is 0.370 e. The second-order valence-corrected chi connectivity index (χ2v) is 9.90. The van der Waals surface area contributed by atoms with E-state index in [-0.39, 0.29) is 16.6 Å². The van der Waals surface area contributed by atoms with Crippen molar-refractivity contribution in [3.63, 3.8) is 0 Å². The Morgan fingerprint density at radius 3 is 0.750 bits per heavy atom. The van der Waals surface area contributed by atoms with Crippen LogP contribution in [0.2, 0.25) is 0 Å². The standard InChI is InChI=1S/C21H39N3/c1-19(2,3)22(10)16-13-17(23(11)20(4,5)6)15-18(14-16)24(12)21(7,8)9/h13-15H,1-12H3. The second kappa shape index (κ2) is 6.50. The molecule has 138 valence electrons. The third kappa shape index (κ3) is 4.81. The first kappa shape index (κ1) is 20.7. The first-order valence-corrected chi connectivity index (χ1v) is 8.92. The molecular weight excluding hydrogens is 294 g/mol. The van der Waals surface area contributed by atoms with E-state index in [2.05, 4.69) is 116 Å². The fraction of sp³-hybridized carbons (Fsp3) is 0.714. The van der Waals surface area contributed by atoms with Gasteiger partial charge in [-0.15, -0.1) is 0 Å². The zero-order chi connectivity index (χ0) is 19.1. The maximum atomic E-state index is 2.35. The van der Waals surface area contributed by atoms with Crippen molar-refractivity contribution < 1.29 is 0 Å². The molecule has 0 saturated heterocycles. The maximum Gasteiger partial charge on any atom is 0.0409 e. The lowest BCUT2D eigenvalue weighted by molar-refractivity contribution is 0.529. The van der Waals surface area contributed by atoms with E-state index in [0.717, 1.165) is 0 Å². The summed E-state index contributed by atoms with van der Waals surface area (Å²) in [5.74, 6) is 0. The lowest BCUT2D eigenvalue weighted by atomic mass is 10.0. The van der Waals surface area contributed by atoms with Crippen LogP contribution in [0, 0.1) is 0 Å². The maximum absolute atomic E-state index is 2.35. The molecule has 0 heterocycles. The number of rotatable bonds is 3. The highest BCUT2D eigenvalue weighted by Gasteiger charge is 2.25. The monoisotopic (exact) mass is 333 g/mol. The number of anilines is 3. The molecular formula is C21H39N3. The normalized spacial score (nSPS) is 13.0. The molecule has 0 aliphatic rings. The van der Waals surface area contributed by atoms with E-state index < -0.39 is 0 Å². The Bertz CT molecular complexity index is 463. The zero-order valence-corrected chi connectivity index (χ0v) is 18.1. The molecule has 0 radical (unpaired) electrons. The molecule has 0 spiro atoms. The Balaban J connectivity index is 3.51. The van der Waals surface area contributed by atoms with Crippen molar-refractivity contribution in [2.24, 2.45) is 0 Å². The molecule has 0 N–H and O–H groups in total. The van der Waals surface area contributed by atoms with Gasteiger partial charge in [-0.05, 0) is 80.5 Å². The van der Waals surface area contributed by atoms with E-state index in [9.17, 15) is 0 Å². The lowest BCUT2D eigenvalue weighted by Gasteiger charge is -2.40. The van der Waals surface area contributed by atoms with Crippen molar-refractivity contribution in [3.8, 4) is 0 Å². The Labute approximate surface area is 150 Å². The fourth-order valence-electron chi connectivity index (χ4n) is 2.32. The summed E-state index contributed by atoms with van der Waals surface area (Å²) < 4.78 is 0. The summed E-state index contributed by atoms with van der Waals surface area (Å²) >= 11 is 0. The van der Waals surface area contributed by atoms with E-state index >= 15 is 0 Å². The molecule has 0 bridgehead atoms. The molecule has 0 atom stereocenters. The van der Waals surface area contributed by atoms with Gasteiger partial charge in [0, 0.05) is 54.8 Å². The minimum Gasteiger partial charge on any atom is -0.370 e. The molecule has 1 aromatic rings. The van der Waals surface area contributed by atoms with Gasteiger partial charge in [-0.3, -0.25) is 0 Å². The van der Waals surface area contributed by atoms with Crippen LogP contribution >= 0.6 is 0 Å². The van der Waals surface area contributed by atoms with Gasteiger partial charge in [0.25, 0.3) is 0 Å². The van der Waals surface area contributed by atoms with E-state index in [4.69, 9.17) is 0 Å². The molecule has 3 nitrogen and oxygen atoms in total. The Morgan fingerprint density at radius 2 is 0.625 bits per heavy atom. The van der Waals surface area contributed by atoms with Crippen LogP contribution in [-0.2, 0) is 0 Å². The molecule has 0 aromatic heterocycles. The van der Waals surface area contributed by atoms with Crippen LogP contribution < -0.4 is 14.7 Å². The van der Waals surface area contributed by atoms with Crippen molar-refractivity contribution in [3.05, 3.63) is 18.2 Å². The highest BCUT2D eigenvalue weighted by Crippen LogP contribution is 2.35. The highest BCUT2D eigenvalue weighted by atomic mass is 15.2. The summed E-state index contributed by atoms with van der Waals surface area (Å²) in [6.45, 7) is 20.3. The van der Waals surface area contributed by atoms with Crippen molar-refractivity contribution in [2.75, 3.05) is 35.8 Å². The molecule has 0 saturated carbocycles. The van der Waals surface area contributed by atoms with Crippen LogP contribution in [0.25, 0.3) is 0 Å². The van der Waals surface area contributed by atoms with Gasteiger partial charge < -0.3 is 14.7 Å². The number of benzene rings is 1. The average Bonchev–Trinajstić information content (AvgIpc) is 2.41. The van der Waals surface area contributed by atoms with Gasteiger partial charge >= 0.3 is 0 Å². The Morgan fingerprint density at radius 1 is 0.458 bits per heavy atom. The van der Waals surface area contributed by atoms with E-state index in [0.29, 0.717) is 0 Å². The minimum absolute atomic E-state index is 0.0799. The SMILES string of the molecule is CN(c1cc(N(C)C(C)(C)C)cc(N(C)C(C)(C)C)c1)C(C)(C)C. The third-order valence-electron chi connectivity index (χ3n) is 5.07. The predicted octanol–water partition coefficient (Wildman–Crippen LogP) is 5.39. The number of hydrogen-bond acceptors (Lipinski definition) is 3. The molecule has 0 aliphatic carbocycles. The van der Waals surface area contributed by atoms with Gasteiger partial charge in [0.1, 0.15) is 0 Å². The topological polar surface area (TPSA) is 9.72 Å². The summed E-state index contributed by atoms with van der Waals surface area (Å²) in [6, 6.07) is 6.91. The van der Waals surface area contributed by atoms with E-state index in [1.165, 1.54) is 17.1 Å². The summed E-state index contributed by atoms with van der Waals surface area (Å²) in [7, 11) is 6.53. The second-order valence-electron chi connectivity index (χ2n) is 9.90. The van der Waals surface area contributed by atoms with Crippen molar-refractivity contribution in [1.29, 1.82) is 0 Å². The summed E-state index contributed by atoms with van der Waals surface area (Å²) in [5.41, 5.74) is 4.00. The summed E-state index contributed by atoms with van der Waals surface area (Å²) in [4.78, 5) is 7.06. The van der Waals surface area contributed by atoms with Crippen LogP contribution in [0.15, 0.2) is 18.2 Å². The van der Waals surface area contributed by atoms with Crippen LogP contribution in [-0.4, -0.2) is 37.8 Å². The van der Waals surface area contributed by atoms with Crippen LogP contribution in [0.4, 0.5) is 17.1 Å². The highest BCUT2D eigenvalue weighted by molar-refractivity contribution is 5.70. The first-order chi connectivity index (χ1) is 10.5. The first-order valence-electron chi connectivity index (χ1n) is 8.92. The Hall–Kier alpha value is -1.38. The van der Waals surface area contributed by atoms with Gasteiger partial charge in [0.2, 0.25) is 0 Å². The molecule has 0 amide bonds. The third-order valence-corrected chi connectivity index (χ3v) is 5.07. The van der Waals surface area contributed by atoms with Crippen molar-refractivity contribution in [2.45, 2.75) is 78.9 Å². The van der Waals surface area contributed by atoms with Gasteiger partial charge in [-0.2, -0.15) is 0 Å². The fourth-order valence-corrected chi connectivity index (χ4v) is 2.32. The molecule has 0 unspecified atom stereocenters. The lowest BCUT2D eigenvalue weighted by Crippen LogP contribution is -2.41. The van der Waals surface area contributed by atoms with Crippen molar-refractivity contribution in [1.82, 2.24) is 0 Å².